The first kappa shape index (κ1) is 13.3. The largest absolute Gasteiger partial charge is 0.273 e. The Bertz CT molecular complexity index is 420. The van der Waals surface area contributed by atoms with Crippen LogP contribution >= 0.6 is 0 Å². The quantitative estimate of drug-likeness (QED) is 0.759. The zero-order valence-corrected chi connectivity index (χ0v) is 11.5. The highest BCUT2D eigenvalue weighted by Gasteiger charge is 2.30. The number of carbonyl (C=O) groups excluding carboxylic acids is 2. The van der Waals surface area contributed by atoms with E-state index in [2.05, 4.69) is 21.1 Å². The topological polar surface area (TPSA) is 82.9 Å². The number of hydrogen-bond donors (Lipinski definition) is 2. The molecule has 0 spiro atoms. The van der Waals surface area contributed by atoms with Gasteiger partial charge in [0.15, 0.2) is 0 Å². The molecule has 0 atom stereocenters. The lowest BCUT2D eigenvalue weighted by Gasteiger charge is -2.15. The van der Waals surface area contributed by atoms with Crippen molar-refractivity contribution in [3.8, 4) is 0 Å². The second-order valence-corrected chi connectivity index (χ2v) is 5.86. The van der Waals surface area contributed by atoms with Gasteiger partial charge in [-0.1, -0.05) is 0 Å². The van der Waals surface area contributed by atoms with Crippen molar-refractivity contribution in [3.63, 3.8) is 0 Å². The third-order valence-corrected chi connectivity index (χ3v) is 3.95. The molecule has 0 heterocycles. The molecule has 0 aromatic heterocycles. The SMILES string of the molecule is O=C(NN=C1CCC(=NNC(=O)C2CC2)CC1)C1CC1. The Labute approximate surface area is 118 Å². The van der Waals surface area contributed by atoms with Crippen LogP contribution < -0.4 is 10.9 Å². The van der Waals surface area contributed by atoms with Gasteiger partial charge in [-0.15, -0.1) is 0 Å². The van der Waals surface area contributed by atoms with E-state index < -0.39 is 0 Å². The third-order valence-electron chi connectivity index (χ3n) is 3.95. The van der Waals surface area contributed by atoms with E-state index in [1.807, 2.05) is 0 Å². The number of hydrazone groups is 2. The summed E-state index contributed by atoms with van der Waals surface area (Å²) in [5.74, 6) is 0.484. The van der Waals surface area contributed by atoms with Crippen LogP contribution in [-0.4, -0.2) is 23.2 Å². The first-order valence-electron chi connectivity index (χ1n) is 7.43. The molecular weight excluding hydrogens is 256 g/mol. The number of nitrogens with one attached hydrogen (secondary N) is 2. The average Bonchev–Trinajstić information content (AvgIpc) is 3.33. The second-order valence-electron chi connectivity index (χ2n) is 5.86. The van der Waals surface area contributed by atoms with Gasteiger partial charge in [0.2, 0.25) is 11.8 Å². The summed E-state index contributed by atoms with van der Waals surface area (Å²) in [5.41, 5.74) is 7.32. The van der Waals surface area contributed by atoms with Gasteiger partial charge in [-0.05, 0) is 51.4 Å². The van der Waals surface area contributed by atoms with Crippen molar-refractivity contribution in [2.45, 2.75) is 51.4 Å². The molecule has 2 amide bonds. The van der Waals surface area contributed by atoms with Crippen LogP contribution in [0.4, 0.5) is 0 Å². The highest BCUT2D eigenvalue weighted by Crippen LogP contribution is 2.29. The van der Waals surface area contributed by atoms with Gasteiger partial charge in [0, 0.05) is 23.3 Å². The van der Waals surface area contributed by atoms with Gasteiger partial charge in [-0.2, -0.15) is 10.2 Å². The van der Waals surface area contributed by atoms with E-state index in [4.69, 9.17) is 0 Å². The van der Waals surface area contributed by atoms with Crippen LogP contribution in [-0.2, 0) is 9.59 Å². The molecule has 0 bridgehead atoms. The molecule has 0 aromatic rings. The second kappa shape index (κ2) is 5.73. The predicted octanol–water partition coefficient (Wildman–Crippen LogP) is 1.32. The highest BCUT2D eigenvalue weighted by atomic mass is 16.2. The zero-order chi connectivity index (χ0) is 13.9. The van der Waals surface area contributed by atoms with Crippen LogP contribution in [0.3, 0.4) is 0 Å². The fourth-order valence-electron chi connectivity index (χ4n) is 2.19. The van der Waals surface area contributed by atoms with Crippen molar-refractivity contribution in [2.75, 3.05) is 0 Å². The van der Waals surface area contributed by atoms with Crippen molar-refractivity contribution < 1.29 is 9.59 Å². The van der Waals surface area contributed by atoms with E-state index in [0.29, 0.717) is 0 Å². The number of carbonyl (C=O) groups is 2. The Morgan fingerprint density at radius 2 is 1.10 bits per heavy atom. The minimum Gasteiger partial charge on any atom is -0.273 e. The van der Waals surface area contributed by atoms with Gasteiger partial charge in [0.1, 0.15) is 0 Å². The molecule has 0 saturated heterocycles. The Hall–Kier alpha value is -1.72. The van der Waals surface area contributed by atoms with Crippen LogP contribution in [0.1, 0.15) is 51.4 Å². The van der Waals surface area contributed by atoms with E-state index in [1.165, 1.54) is 0 Å². The lowest BCUT2D eigenvalue weighted by Crippen LogP contribution is -2.25. The first-order chi connectivity index (χ1) is 9.72. The monoisotopic (exact) mass is 276 g/mol. The molecule has 3 fully saturated rings. The summed E-state index contributed by atoms with van der Waals surface area (Å²) in [4.78, 5) is 22.9. The van der Waals surface area contributed by atoms with Crippen LogP contribution in [0.15, 0.2) is 10.2 Å². The molecule has 3 aliphatic carbocycles. The molecule has 0 aromatic carbocycles. The summed E-state index contributed by atoms with van der Waals surface area (Å²) in [6.07, 6.45) is 7.21. The average molecular weight is 276 g/mol. The summed E-state index contributed by atoms with van der Waals surface area (Å²) in [6.45, 7) is 0. The van der Waals surface area contributed by atoms with Gasteiger partial charge in [-0.25, -0.2) is 10.9 Å². The van der Waals surface area contributed by atoms with E-state index in [0.717, 1.165) is 62.8 Å². The van der Waals surface area contributed by atoms with E-state index in [9.17, 15) is 9.59 Å². The highest BCUT2D eigenvalue weighted by molar-refractivity contribution is 5.99. The van der Waals surface area contributed by atoms with Crippen LogP contribution in [0.2, 0.25) is 0 Å². The van der Waals surface area contributed by atoms with Crippen molar-refractivity contribution in [1.82, 2.24) is 10.9 Å². The minimum atomic E-state index is 0.0497. The molecular formula is C14H20N4O2. The van der Waals surface area contributed by atoms with Crippen molar-refractivity contribution in [3.05, 3.63) is 0 Å². The van der Waals surface area contributed by atoms with Crippen molar-refractivity contribution in [1.29, 1.82) is 0 Å². The summed E-state index contributed by atoms with van der Waals surface area (Å²) >= 11 is 0. The molecule has 0 unspecified atom stereocenters. The maximum absolute atomic E-state index is 11.5. The maximum atomic E-state index is 11.5. The first-order valence-corrected chi connectivity index (χ1v) is 7.43. The minimum absolute atomic E-state index is 0.0497. The normalized spacial score (nSPS) is 22.2. The molecule has 108 valence electrons. The molecule has 0 radical (unpaired) electrons. The van der Waals surface area contributed by atoms with Crippen molar-refractivity contribution in [2.24, 2.45) is 22.0 Å². The number of rotatable bonds is 4. The Balaban J connectivity index is 1.41. The van der Waals surface area contributed by atoms with Gasteiger partial charge in [-0.3, -0.25) is 9.59 Å². The summed E-state index contributed by atoms with van der Waals surface area (Å²) in [7, 11) is 0. The number of amides is 2. The Morgan fingerprint density at radius 1 is 0.750 bits per heavy atom. The van der Waals surface area contributed by atoms with Gasteiger partial charge in [0.25, 0.3) is 0 Å². The van der Waals surface area contributed by atoms with E-state index in [-0.39, 0.29) is 23.7 Å². The fourth-order valence-corrected chi connectivity index (χ4v) is 2.19. The molecule has 0 aliphatic heterocycles. The summed E-state index contributed by atoms with van der Waals surface area (Å²) in [6, 6.07) is 0. The Morgan fingerprint density at radius 3 is 1.40 bits per heavy atom. The molecule has 3 saturated carbocycles. The lowest BCUT2D eigenvalue weighted by molar-refractivity contribution is -0.123. The standard InChI is InChI=1S/C14H20N4O2/c19-13(9-1-2-9)17-15-11-5-7-12(8-6-11)16-18-14(20)10-3-4-10/h9-10H,1-8H2,(H,17,19)(H,18,20). The number of nitrogens with zero attached hydrogens (tertiary/aromatic N) is 2. The molecule has 3 rings (SSSR count). The van der Waals surface area contributed by atoms with Crippen LogP contribution in [0.25, 0.3) is 0 Å². The fraction of sp³-hybridized carbons (Fsp3) is 0.714. The molecule has 6 heteroatoms. The van der Waals surface area contributed by atoms with Gasteiger partial charge >= 0.3 is 0 Å². The molecule has 2 N–H and O–H groups in total. The van der Waals surface area contributed by atoms with Crippen LogP contribution in [0, 0.1) is 11.8 Å². The molecule has 6 nitrogen and oxygen atoms in total. The van der Waals surface area contributed by atoms with Gasteiger partial charge < -0.3 is 0 Å². The maximum Gasteiger partial charge on any atom is 0.243 e. The van der Waals surface area contributed by atoms with Gasteiger partial charge in [0.05, 0.1) is 0 Å². The molecule has 20 heavy (non-hydrogen) atoms. The van der Waals surface area contributed by atoms with E-state index >= 15 is 0 Å². The number of hydrogen-bond acceptors (Lipinski definition) is 4. The predicted molar refractivity (Wildman–Crippen MR) is 75.1 cm³/mol. The zero-order valence-electron chi connectivity index (χ0n) is 11.5. The summed E-state index contributed by atoms with van der Waals surface area (Å²) < 4.78 is 0. The smallest absolute Gasteiger partial charge is 0.243 e. The third kappa shape index (κ3) is 3.65. The van der Waals surface area contributed by atoms with Crippen LogP contribution in [0.5, 0.6) is 0 Å². The Kier molecular flexibility index (Phi) is 3.80. The summed E-state index contributed by atoms with van der Waals surface area (Å²) in [5, 5.41) is 8.37. The van der Waals surface area contributed by atoms with E-state index in [1.54, 1.807) is 0 Å². The molecule has 3 aliphatic rings. The lowest BCUT2D eigenvalue weighted by atomic mass is 9.97. The van der Waals surface area contributed by atoms with Crippen molar-refractivity contribution >= 4 is 23.2 Å².